The van der Waals surface area contributed by atoms with Crippen LogP contribution in [0.4, 0.5) is 0 Å². The molecule has 3 rings (SSSR count). The molecule has 0 aliphatic heterocycles. The van der Waals surface area contributed by atoms with Gasteiger partial charge in [-0.25, -0.2) is 0 Å². The molecule has 150 valence electrons. The summed E-state index contributed by atoms with van der Waals surface area (Å²) in [5.74, 6) is -1.20. The summed E-state index contributed by atoms with van der Waals surface area (Å²) in [5, 5.41) is 16.8. The largest absolute Gasteiger partial charge is 0.481 e. The Morgan fingerprint density at radius 2 is 1.90 bits per heavy atom. The van der Waals surface area contributed by atoms with E-state index in [9.17, 15) is 14.7 Å². The molecule has 0 spiro atoms. The highest BCUT2D eigenvalue weighted by molar-refractivity contribution is 6.32. The maximum Gasteiger partial charge on any atom is 0.305 e. The smallest absolute Gasteiger partial charge is 0.305 e. The van der Waals surface area contributed by atoms with Gasteiger partial charge in [0.1, 0.15) is 0 Å². The highest BCUT2D eigenvalue weighted by Crippen LogP contribution is 2.26. The van der Waals surface area contributed by atoms with Gasteiger partial charge in [0.15, 0.2) is 5.69 Å². The SMILES string of the molecule is COc1cc(C(=O)N[C@@H](CC(=O)O)c2ccccc2C)nn1-c1ccccc1Cl. The van der Waals surface area contributed by atoms with Crippen LogP contribution >= 0.6 is 11.6 Å². The second-order valence-electron chi connectivity index (χ2n) is 6.42. The minimum atomic E-state index is -1.02. The van der Waals surface area contributed by atoms with Crippen molar-refractivity contribution in [1.29, 1.82) is 0 Å². The summed E-state index contributed by atoms with van der Waals surface area (Å²) in [4.78, 5) is 24.2. The fourth-order valence-electron chi connectivity index (χ4n) is 3.04. The second kappa shape index (κ2) is 8.79. The zero-order valence-electron chi connectivity index (χ0n) is 15.9. The molecule has 0 saturated heterocycles. The predicted octanol–water partition coefficient (Wildman–Crippen LogP) is 3.79. The van der Waals surface area contributed by atoms with Crippen molar-refractivity contribution in [2.75, 3.05) is 7.11 Å². The molecular formula is C21H20ClN3O4. The first-order valence-corrected chi connectivity index (χ1v) is 9.25. The number of hydrogen-bond acceptors (Lipinski definition) is 4. The van der Waals surface area contributed by atoms with E-state index in [0.29, 0.717) is 16.6 Å². The van der Waals surface area contributed by atoms with Crippen LogP contribution in [-0.2, 0) is 4.79 Å². The van der Waals surface area contributed by atoms with Crippen molar-refractivity contribution in [3.63, 3.8) is 0 Å². The summed E-state index contributed by atoms with van der Waals surface area (Å²) >= 11 is 6.23. The number of carboxylic acid groups (broad SMARTS) is 1. The molecule has 0 fully saturated rings. The summed E-state index contributed by atoms with van der Waals surface area (Å²) in [5.41, 5.74) is 2.27. The van der Waals surface area contributed by atoms with E-state index in [1.54, 1.807) is 36.4 Å². The number of methoxy groups -OCH3 is 1. The lowest BCUT2D eigenvalue weighted by atomic mass is 9.98. The van der Waals surface area contributed by atoms with E-state index >= 15 is 0 Å². The minimum absolute atomic E-state index is 0.0887. The molecule has 8 heteroatoms. The van der Waals surface area contributed by atoms with Crippen LogP contribution in [0.1, 0.15) is 34.1 Å². The predicted molar refractivity (Wildman–Crippen MR) is 109 cm³/mol. The number of nitrogens with zero attached hydrogens (tertiary/aromatic N) is 2. The summed E-state index contributed by atoms with van der Waals surface area (Å²) in [6.07, 6.45) is -0.251. The van der Waals surface area contributed by atoms with Crippen molar-refractivity contribution in [2.24, 2.45) is 0 Å². The van der Waals surface area contributed by atoms with Gasteiger partial charge in [0.05, 0.1) is 30.3 Å². The van der Waals surface area contributed by atoms with Gasteiger partial charge in [0, 0.05) is 6.07 Å². The van der Waals surface area contributed by atoms with Crippen molar-refractivity contribution >= 4 is 23.5 Å². The van der Waals surface area contributed by atoms with Gasteiger partial charge in [-0.1, -0.05) is 48.0 Å². The summed E-state index contributed by atoms with van der Waals surface area (Å²) in [6.45, 7) is 1.87. The van der Waals surface area contributed by atoms with Crippen molar-refractivity contribution in [1.82, 2.24) is 15.1 Å². The third-order valence-corrected chi connectivity index (χ3v) is 4.77. The van der Waals surface area contributed by atoms with Gasteiger partial charge in [-0.2, -0.15) is 9.78 Å². The van der Waals surface area contributed by atoms with E-state index in [1.165, 1.54) is 17.9 Å². The van der Waals surface area contributed by atoms with Crippen molar-refractivity contribution < 1.29 is 19.4 Å². The lowest BCUT2D eigenvalue weighted by Gasteiger charge is -2.18. The summed E-state index contributed by atoms with van der Waals surface area (Å²) in [6, 6.07) is 15.1. The molecule has 0 aliphatic carbocycles. The van der Waals surface area contributed by atoms with Crippen molar-refractivity contribution in [3.8, 4) is 11.6 Å². The van der Waals surface area contributed by atoms with Crippen LogP contribution in [0.2, 0.25) is 5.02 Å². The maximum atomic E-state index is 12.9. The molecular weight excluding hydrogens is 394 g/mol. The molecule has 2 aromatic carbocycles. The number of aliphatic carboxylic acids is 1. The number of rotatable bonds is 7. The third-order valence-electron chi connectivity index (χ3n) is 4.45. The second-order valence-corrected chi connectivity index (χ2v) is 6.82. The van der Waals surface area contributed by atoms with Crippen molar-refractivity contribution in [3.05, 3.63) is 76.4 Å². The Hall–Kier alpha value is -3.32. The number of para-hydroxylation sites is 1. The van der Waals surface area contributed by atoms with Crippen LogP contribution in [0.5, 0.6) is 5.88 Å². The maximum absolute atomic E-state index is 12.9. The number of carbonyl (C=O) groups is 2. The number of aromatic nitrogens is 2. The Bertz CT molecular complexity index is 1050. The number of carbonyl (C=O) groups excluding carboxylic acids is 1. The first-order chi connectivity index (χ1) is 13.9. The van der Waals surface area contributed by atoms with Crippen molar-refractivity contribution in [2.45, 2.75) is 19.4 Å². The van der Waals surface area contributed by atoms with E-state index in [-0.39, 0.29) is 12.1 Å². The van der Waals surface area contributed by atoms with Crippen LogP contribution in [0.3, 0.4) is 0 Å². The number of carboxylic acids is 1. The number of nitrogens with one attached hydrogen (secondary N) is 1. The summed E-state index contributed by atoms with van der Waals surface area (Å²) in [7, 11) is 1.46. The molecule has 0 radical (unpaired) electrons. The van der Waals surface area contributed by atoms with E-state index in [4.69, 9.17) is 16.3 Å². The van der Waals surface area contributed by atoms with Crippen LogP contribution in [-0.4, -0.2) is 33.9 Å². The first kappa shape index (κ1) is 20.4. The Labute approximate surface area is 172 Å². The highest BCUT2D eigenvalue weighted by Gasteiger charge is 2.23. The van der Waals surface area contributed by atoms with Gasteiger partial charge in [-0.15, -0.1) is 0 Å². The zero-order valence-corrected chi connectivity index (χ0v) is 16.7. The Balaban J connectivity index is 1.92. The summed E-state index contributed by atoms with van der Waals surface area (Å²) < 4.78 is 6.75. The highest BCUT2D eigenvalue weighted by atomic mass is 35.5. The quantitative estimate of drug-likeness (QED) is 0.614. The molecule has 1 amide bonds. The Kier molecular flexibility index (Phi) is 6.19. The zero-order chi connectivity index (χ0) is 21.0. The van der Waals surface area contributed by atoms with Crippen LogP contribution in [0.15, 0.2) is 54.6 Å². The molecule has 0 aliphatic rings. The van der Waals surface area contributed by atoms with Gasteiger partial charge < -0.3 is 15.2 Å². The average molecular weight is 414 g/mol. The molecule has 1 atom stereocenters. The topological polar surface area (TPSA) is 93.4 Å². The van der Waals surface area contributed by atoms with Gasteiger partial charge >= 0.3 is 5.97 Å². The number of benzene rings is 2. The molecule has 3 aromatic rings. The molecule has 1 heterocycles. The van der Waals surface area contributed by atoms with E-state index in [2.05, 4.69) is 10.4 Å². The molecule has 2 N–H and O–H groups in total. The normalized spacial score (nSPS) is 11.7. The number of halogens is 1. The number of aryl methyl sites for hydroxylation is 1. The molecule has 7 nitrogen and oxygen atoms in total. The van der Waals surface area contributed by atoms with Crippen LogP contribution in [0.25, 0.3) is 5.69 Å². The van der Waals surface area contributed by atoms with Crippen LogP contribution < -0.4 is 10.1 Å². The van der Waals surface area contributed by atoms with Gasteiger partial charge in [-0.3, -0.25) is 9.59 Å². The minimum Gasteiger partial charge on any atom is -0.481 e. The molecule has 0 saturated carbocycles. The number of ether oxygens (including phenoxy) is 1. The van der Waals surface area contributed by atoms with Crippen LogP contribution in [0, 0.1) is 6.92 Å². The van der Waals surface area contributed by atoms with Gasteiger partial charge in [-0.05, 0) is 30.2 Å². The monoisotopic (exact) mass is 413 g/mol. The van der Waals surface area contributed by atoms with E-state index in [0.717, 1.165) is 11.1 Å². The van der Waals surface area contributed by atoms with E-state index in [1.807, 2.05) is 19.1 Å². The van der Waals surface area contributed by atoms with Gasteiger partial charge in [0.25, 0.3) is 5.91 Å². The number of hydrogen-bond donors (Lipinski definition) is 2. The number of amides is 1. The van der Waals surface area contributed by atoms with E-state index < -0.39 is 17.9 Å². The molecule has 1 aromatic heterocycles. The Morgan fingerprint density at radius 1 is 1.21 bits per heavy atom. The average Bonchev–Trinajstić information content (AvgIpc) is 3.12. The molecule has 0 unspecified atom stereocenters. The van der Waals surface area contributed by atoms with Gasteiger partial charge in [0.2, 0.25) is 5.88 Å². The fourth-order valence-corrected chi connectivity index (χ4v) is 3.26. The lowest BCUT2D eigenvalue weighted by molar-refractivity contribution is -0.137. The third kappa shape index (κ3) is 4.57. The lowest BCUT2D eigenvalue weighted by Crippen LogP contribution is -2.31. The standard InChI is InChI=1S/C21H20ClN3O4/c1-13-7-3-4-8-14(13)16(12-20(26)27)23-21(28)17-11-19(29-2)25(24-17)18-10-6-5-9-15(18)22/h3-11,16H,12H2,1-2H3,(H,23,28)(H,26,27)/t16-/m0/s1. The Morgan fingerprint density at radius 3 is 2.55 bits per heavy atom. The molecule has 29 heavy (non-hydrogen) atoms. The molecule has 0 bridgehead atoms. The first-order valence-electron chi connectivity index (χ1n) is 8.88. The fraction of sp³-hybridized carbons (Fsp3) is 0.190.